The average Bonchev–Trinajstić information content (AvgIpc) is 3.08. The van der Waals surface area contributed by atoms with Crippen molar-refractivity contribution in [3.8, 4) is 0 Å². The van der Waals surface area contributed by atoms with E-state index in [4.69, 9.17) is 18.9 Å². The first kappa shape index (κ1) is 14.1. The molecule has 6 atom stereocenters. The Bertz CT molecular complexity index is 500. The number of rotatable bonds is 5. The van der Waals surface area contributed by atoms with Gasteiger partial charge in [-0.25, -0.2) is 4.79 Å². The molecule has 0 spiro atoms. The topological polar surface area (TPSA) is 88.1 Å². The van der Waals surface area contributed by atoms with Gasteiger partial charge in [-0.05, 0) is 13.3 Å². The van der Waals surface area contributed by atoms with Crippen LogP contribution in [-0.4, -0.2) is 48.9 Å². The zero-order chi connectivity index (χ0) is 15.1. The normalized spacial score (nSPS) is 37.0. The van der Waals surface area contributed by atoms with Crippen LogP contribution < -0.4 is 0 Å². The number of hydrogen-bond acceptors (Lipinski definition) is 7. The van der Waals surface area contributed by atoms with Gasteiger partial charge in [0.05, 0.1) is 17.9 Å². The number of carbonyl (C=O) groups is 3. The zero-order valence-electron chi connectivity index (χ0n) is 11.5. The Morgan fingerprint density at radius 1 is 1.48 bits per heavy atom. The fourth-order valence-electron chi connectivity index (χ4n) is 2.97. The molecule has 0 saturated carbocycles. The molecule has 0 amide bonds. The Morgan fingerprint density at radius 3 is 2.95 bits per heavy atom. The second kappa shape index (κ2) is 5.14. The van der Waals surface area contributed by atoms with E-state index in [2.05, 4.69) is 6.58 Å². The minimum absolute atomic E-state index is 0.0849. The molecule has 3 heterocycles. The number of esters is 3. The molecule has 0 aromatic heterocycles. The van der Waals surface area contributed by atoms with Gasteiger partial charge in [-0.2, -0.15) is 0 Å². The third kappa shape index (κ3) is 2.31. The SMILES string of the molecule is C=CC(=O)OCC(C)C(=O)OC1C2CC3C(=O)OC1C3O2. The Balaban J connectivity index is 1.55. The minimum atomic E-state index is -0.610. The van der Waals surface area contributed by atoms with Gasteiger partial charge in [0, 0.05) is 6.08 Å². The van der Waals surface area contributed by atoms with Gasteiger partial charge in [0.2, 0.25) is 0 Å². The van der Waals surface area contributed by atoms with Crippen molar-refractivity contribution in [1.29, 1.82) is 0 Å². The lowest BCUT2D eigenvalue weighted by molar-refractivity contribution is -0.166. The van der Waals surface area contributed by atoms with E-state index in [-0.39, 0.29) is 30.7 Å². The Kier molecular flexibility index (Phi) is 3.44. The van der Waals surface area contributed by atoms with Gasteiger partial charge in [-0.1, -0.05) is 6.58 Å². The highest BCUT2D eigenvalue weighted by atomic mass is 16.7. The van der Waals surface area contributed by atoms with Crippen molar-refractivity contribution in [3.63, 3.8) is 0 Å². The Hall–Kier alpha value is -1.89. The molecule has 0 aliphatic carbocycles. The maximum absolute atomic E-state index is 12.0. The molecule has 2 bridgehead atoms. The van der Waals surface area contributed by atoms with Gasteiger partial charge in [-0.15, -0.1) is 0 Å². The Labute approximate surface area is 121 Å². The van der Waals surface area contributed by atoms with Crippen LogP contribution in [0.1, 0.15) is 13.3 Å². The van der Waals surface area contributed by atoms with Crippen molar-refractivity contribution >= 4 is 17.9 Å². The van der Waals surface area contributed by atoms with E-state index in [1.165, 1.54) is 0 Å². The molecule has 114 valence electrons. The summed E-state index contributed by atoms with van der Waals surface area (Å²) in [5.41, 5.74) is 0. The van der Waals surface area contributed by atoms with Gasteiger partial charge < -0.3 is 18.9 Å². The van der Waals surface area contributed by atoms with E-state index in [9.17, 15) is 14.4 Å². The van der Waals surface area contributed by atoms with Crippen LogP contribution in [0.15, 0.2) is 12.7 Å². The molecule has 21 heavy (non-hydrogen) atoms. The van der Waals surface area contributed by atoms with Crippen LogP contribution in [0.4, 0.5) is 0 Å². The Morgan fingerprint density at radius 2 is 2.24 bits per heavy atom. The highest BCUT2D eigenvalue weighted by Crippen LogP contribution is 2.47. The van der Waals surface area contributed by atoms with E-state index in [1.807, 2.05) is 0 Å². The van der Waals surface area contributed by atoms with E-state index in [0.717, 1.165) is 6.08 Å². The molecule has 7 nitrogen and oxygen atoms in total. The van der Waals surface area contributed by atoms with Crippen molar-refractivity contribution in [2.24, 2.45) is 11.8 Å². The quantitative estimate of drug-likeness (QED) is 0.400. The smallest absolute Gasteiger partial charge is 0.330 e. The molecule has 0 N–H and O–H groups in total. The van der Waals surface area contributed by atoms with Crippen molar-refractivity contribution in [1.82, 2.24) is 0 Å². The molecule has 0 radical (unpaired) electrons. The van der Waals surface area contributed by atoms with Crippen molar-refractivity contribution < 1.29 is 33.3 Å². The van der Waals surface area contributed by atoms with Gasteiger partial charge in [0.15, 0.2) is 12.2 Å². The summed E-state index contributed by atoms with van der Waals surface area (Å²) in [5.74, 6) is -2.21. The van der Waals surface area contributed by atoms with Crippen molar-refractivity contribution in [3.05, 3.63) is 12.7 Å². The standard InChI is InChI=1S/C14H16O7/c1-3-9(15)18-5-6(2)13(16)20-11-8-4-7-10(19-8)12(11)21-14(7)17/h3,6-8,10-12H,1,4-5H2,2H3. The van der Waals surface area contributed by atoms with Crippen LogP contribution in [0.2, 0.25) is 0 Å². The third-order valence-electron chi connectivity index (χ3n) is 4.08. The summed E-state index contributed by atoms with van der Waals surface area (Å²) in [7, 11) is 0. The summed E-state index contributed by atoms with van der Waals surface area (Å²) in [6.45, 7) is 4.78. The average molecular weight is 296 g/mol. The van der Waals surface area contributed by atoms with Gasteiger partial charge in [0.1, 0.15) is 12.7 Å². The van der Waals surface area contributed by atoms with E-state index < -0.39 is 30.1 Å². The summed E-state index contributed by atoms with van der Waals surface area (Å²) in [6, 6.07) is 0. The summed E-state index contributed by atoms with van der Waals surface area (Å²) in [5, 5.41) is 0. The van der Waals surface area contributed by atoms with Crippen LogP contribution >= 0.6 is 0 Å². The highest BCUT2D eigenvalue weighted by molar-refractivity contribution is 5.81. The largest absolute Gasteiger partial charge is 0.462 e. The molecule has 3 aliphatic rings. The molecule has 3 rings (SSSR count). The fraction of sp³-hybridized carbons (Fsp3) is 0.643. The van der Waals surface area contributed by atoms with Gasteiger partial charge in [0.25, 0.3) is 0 Å². The predicted molar refractivity (Wildman–Crippen MR) is 66.8 cm³/mol. The predicted octanol–water partition coefficient (Wildman–Crippen LogP) is -0.0238. The van der Waals surface area contributed by atoms with Crippen LogP contribution in [0.25, 0.3) is 0 Å². The summed E-state index contributed by atoms with van der Waals surface area (Å²) < 4.78 is 21.0. The van der Waals surface area contributed by atoms with Gasteiger partial charge >= 0.3 is 17.9 Å². The molecule has 7 heteroatoms. The van der Waals surface area contributed by atoms with Crippen molar-refractivity contribution in [2.75, 3.05) is 6.61 Å². The maximum Gasteiger partial charge on any atom is 0.330 e. The third-order valence-corrected chi connectivity index (χ3v) is 4.08. The molecule has 3 aliphatic heterocycles. The monoisotopic (exact) mass is 296 g/mol. The molecule has 6 unspecified atom stereocenters. The van der Waals surface area contributed by atoms with Crippen LogP contribution in [-0.2, 0) is 33.3 Å². The number of hydrogen-bond donors (Lipinski definition) is 0. The second-order valence-electron chi connectivity index (χ2n) is 5.52. The number of ether oxygens (including phenoxy) is 4. The number of fused-ring (bicyclic) bond motifs is 1. The summed E-state index contributed by atoms with van der Waals surface area (Å²) in [4.78, 5) is 34.5. The number of carbonyl (C=O) groups excluding carboxylic acids is 3. The first-order valence-electron chi connectivity index (χ1n) is 6.87. The molecule has 3 saturated heterocycles. The molecule has 0 aromatic rings. The molecule has 3 fully saturated rings. The van der Waals surface area contributed by atoms with Crippen molar-refractivity contribution in [2.45, 2.75) is 37.8 Å². The van der Waals surface area contributed by atoms with Crippen LogP contribution in [0.5, 0.6) is 0 Å². The first-order valence-corrected chi connectivity index (χ1v) is 6.87. The second-order valence-corrected chi connectivity index (χ2v) is 5.52. The van der Waals surface area contributed by atoms with Crippen LogP contribution in [0, 0.1) is 11.8 Å². The summed E-state index contributed by atoms with van der Waals surface area (Å²) in [6.07, 6.45) is -0.106. The lowest BCUT2D eigenvalue weighted by atomic mass is 9.88. The lowest BCUT2D eigenvalue weighted by Crippen LogP contribution is -2.41. The molecule has 0 aromatic carbocycles. The lowest BCUT2D eigenvalue weighted by Gasteiger charge is -2.23. The minimum Gasteiger partial charge on any atom is -0.462 e. The fourth-order valence-corrected chi connectivity index (χ4v) is 2.97. The molecular formula is C14H16O7. The van der Waals surface area contributed by atoms with Crippen LogP contribution in [0.3, 0.4) is 0 Å². The molecular weight excluding hydrogens is 280 g/mol. The van der Waals surface area contributed by atoms with Gasteiger partial charge in [-0.3, -0.25) is 9.59 Å². The van der Waals surface area contributed by atoms with E-state index >= 15 is 0 Å². The highest BCUT2D eigenvalue weighted by Gasteiger charge is 2.65. The zero-order valence-corrected chi connectivity index (χ0v) is 11.5. The van der Waals surface area contributed by atoms with E-state index in [0.29, 0.717) is 6.42 Å². The maximum atomic E-state index is 12.0. The first-order chi connectivity index (χ1) is 10.0. The summed E-state index contributed by atoms with van der Waals surface area (Å²) >= 11 is 0. The van der Waals surface area contributed by atoms with E-state index in [1.54, 1.807) is 6.92 Å².